The van der Waals surface area contributed by atoms with Gasteiger partial charge in [0.25, 0.3) is 0 Å². The van der Waals surface area contributed by atoms with E-state index in [-0.39, 0.29) is 17.9 Å². The second-order valence-electron chi connectivity index (χ2n) is 6.11. The Kier molecular flexibility index (Phi) is 10.5. The highest BCUT2D eigenvalue weighted by molar-refractivity contribution is 6.05. The minimum atomic E-state index is -1.08. The highest BCUT2D eigenvalue weighted by Crippen LogP contribution is 2.27. The molecule has 0 aromatic carbocycles. The lowest BCUT2D eigenvalue weighted by atomic mass is 10.1. The van der Waals surface area contributed by atoms with Gasteiger partial charge >= 0.3 is 18.1 Å². The van der Waals surface area contributed by atoms with Gasteiger partial charge in [-0.05, 0) is 25.9 Å². The van der Waals surface area contributed by atoms with Gasteiger partial charge in [-0.15, -0.1) is 5.10 Å². The maximum absolute atomic E-state index is 11.9. The Bertz CT molecular complexity index is 777. The molecule has 0 aliphatic rings. The van der Waals surface area contributed by atoms with Crippen LogP contribution in [0.3, 0.4) is 0 Å². The topological polar surface area (TPSA) is 159 Å². The number of imide groups is 2. The number of allylic oxidation sites excluding steroid dienone is 1. The first-order valence-electron chi connectivity index (χ1n) is 9.31. The van der Waals surface area contributed by atoms with Crippen LogP contribution in [-0.4, -0.2) is 59.1 Å². The molecule has 1 unspecified atom stereocenters. The second-order valence-corrected chi connectivity index (χ2v) is 6.11. The molecule has 0 bridgehead atoms. The fourth-order valence-electron chi connectivity index (χ4n) is 2.51. The molecule has 1 rings (SSSR count). The Morgan fingerprint density at radius 3 is 2.53 bits per heavy atom. The van der Waals surface area contributed by atoms with E-state index in [4.69, 9.17) is 4.42 Å². The van der Waals surface area contributed by atoms with E-state index in [0.717, 1.165) is 25.1 Å². The number of carbonyl (C=O) groups is 4. The summed E-state index contributed by atoms with van der Waals surface area (Å²) in [5.74, 6) is -0.517. The predicted molar refractivity (Wildman–Crippen MR) is 108 cm³/mol. The van der Waals surface area contributed by atoms with Crippen LogP contribution in [0.5, 0.6) is 0 Å². The molecule has 6 amide bonds. The molecular weight excluding hydrogens is 394 g/mol. The van der Waals surface area contributed by atoms with Crippen LogP contribution in [0.2, 0.25) is 0 Å². The molecule has 30 heavy (non-hydrogen) atoms. The van der Waals surface area contributed by atoms with Gasteiger partial charge < -0.3 is 9.73 Å². The van der Waals surface area contributed by atoms with Crippen molar-refractivity contribution in [3.8, 4) is 0 Å². The number of urea groups is 2. The maximum Gasteiger partial charge on any atom is 0.330 e. The zero-order valence-corrected chi connectivity index (χ0v) is 17.1. The molecule has 164 valence electrons. The lowest BCUT2D eigenvalue weighted by molar-refractivity contribution is -0.121. The summed E-state index contributed by atoms with van der Waals surface area (Å²) in [6.45, 7) is 12.8. The Balaban J connectivity index is 2.76. The van der Waals surface area contributed by atoms with Crippen LogP contribution >= 0.6 is 0 Å². The van der Waals surface area contributed by atoms with Gasteiger partial charge in [-0.2, -0.15) is 0 Å². The minimum Gasteiger partial charge on any atom is -0.406 e. The van der Waals surface area contributed by atoms with Crippen molar-refractivity contribution in [3.63, 3.8) is 0 Å². The molecule has 0 fully saturated rings. The van der Waals surface area contributed by atoms with E-state index < -0.39 is 24.5 Å². The summed E-state index contributed by atoms with van der Waals surface area (Å²) in [6.07, 6.45) is 3.39. The van der Waals surface area contributed by atoms with Crippen LogP contribution in [-0.2, 0) is 9.59 Å². The molecule has 0 saturated carbocycles. The number of rotatable bonds is 12. The number of carbonyl (C=O) groups excluding carboxylic acids is 4. The summed E-state index contributed by atoms with van der Waals surface area (Å²) >= 11 is 0. The molecule has 0 spiro atoms. The summed E-state index contributed by atoms with van der Waals surface area (Å²) in [4.78, 5) is 47.0. The van der Waals surface area contributed by atoms with Crippen LogP contribution in [0.25, 0.3) is 0 Å². The van der Waals surface area contributed by atoms with Gasteiger partial charge in [-0.1, -0.05) is 43.8 Å². The van der Waals surface area contributed by atoms with E-state index in [1.807, 2.05) is 17.6 Å². The van der Waals surface area contributed by atoms with Gasteiger partial charge in [0, 0.05) is 0 Å². The monoisotopic (exact) mass is 421 g/mol. The third-order valence-electron chi connectivity index (χ3n) is 3.87. The van der Waals surface area contributed by atoms with E-state index in [1.165, 1.54) is 0 Å². The Hall–Kier alpha value is -3.54. The molecule has 1 atom stereocenters. The van der Waals surface area contributed by atoms with Crippen molar-refractivity contribution in [2.24, 2.45) is 0 Å². The normalized spacial score (nSPS) is 11.3. The average molecular weight is 421 g/mol. The molecule has 0 radical (unpaired) electrons. The van der Waals surface area contributed by atoms with E-state index in [2.05, 4.69) is 45.8 Å². The van der Waals surface area contributed by atoms with Crippen molar-refractivity contribution >= 4 is 30.4 Å². The van der Waals surface area contributed by atoms with Crippen molar-refractivity contribution in [1.29, 1.82) is 0 Å². The number of hydrogen-bond donors (Lipinski definition) is 4. The zero-order valence-electron chi connectivity index (χ0n) is 17.1. The van der Waals surface area contributed by atoms with E-state index in [1.54, 1.807) is 6.08 Å². The SMILES string of the molecule is C=CC(=C)CC(c1nnc(NC(=O)NC(=O)NC(=O)CNC=O)o1)N(CC)CCC. The molecule has 0 saturated heterocycles. The van der Waals surface area contributed by atoms with Crippen LogP contribution in [0.4, 0.5) is 15.6 Å². The molecule has 0 aliphatic heterocycles. The van der Waals surface area contributed by atoms with Gasteiger partial charge in [0.2, 0.25) is 18.2 Å². The molecule has 1 aromatic heterocycles. The number of hydrogen-bond acceptors (Lipinski definition) is 8. The molecule has 1 aromatic rings. The highest BCUT2D eigenvalue weighted by atomic mass is 16.4. The molecule has 12 heteroatoms. The number of nitrogens with zero attached hydrogens (tertiary/aromatic N) is 3. The van der Waals surface area contributed by atoms with Crippen LogP contribution in [0, 0.1) is 0 Å². The first kappa shape index (κ1) is 24.5. The summed E-state index contributed by atoms with van der Waals surface area (Å²) < 4.78 is 5.55. The lowest BCUT2D eigenvalue weighted by Crippen LogP contribution is -2.46. The summed E-state index contributed by atoms with van der Waals surface area (Å²) in [7, 11) is 0. The smallest absolute Gasteiger partial charge is 0.330 e. The zero-order chi connectivity index (χ0) is 22.5. The van der Waals surface area contributed by atoms with Gasteiger partial charge in [-0.3, -0.25) is 30.4 Å². The molecule has 1 heterocycles. The third-order valence-corrected chi connectivity index (χ3v) is 3.87. The van der Waals surface area contributed by atoms with Crippen molar-refractivity contribution in [1.82, 2.24) is 31.0 Å². The quantitative estimate of drug-likeness (QED) is 0.288. The van der Waals surface area contributed by atoms with Gasteiger partial charge in [0.15, 0.2) is 0 Å². The van der Waals surface area contributed by atoms with Crippen LogP contribution < -0.4 is 21.3 Å². The summed E-state index contributed by atoms with van der Waals surface area (Å²) in [6, 6.07) is -2.53. The van der Waals surface area contributed by atoms with Crippen molar-refractivity contribution in [2.75, 3.05) is 25.0 Å². The maximum atomic E-state index is 11.9. The second kappa shape index (κ2) is 12.8. The average Bonchev–Trinajstić information content (AvgIpc) is 3.16. The van der Waals surface area contributed by atoms with Gasteiger partial charge in [0.05, 0.1) is 12.6 Å². The number of anilines is 1. The predicted octanol–water partition coefficient (Wildman–Crippen LogP) is 1.08. The van der Waals surface area contributed by atoms with Crippen molar-refractivity contribution in [3.05, 3.63) is 30.7 Å². The first-order valence-corrected chi connectivity index (χ1v) is 9.31. The number of amides is 6. The summed E-state index contributed by atoms with van der Waals surface area (Å²) in [5.41, 5.74) is 0.797. The third kappa shape index (κ3) is 8.22. The molecular formula is C18H27N7O5. The van der Waals surface area contributed by atoms with Crippen LogP contribution in [0.15, 0.2) is 29.2 Å². The molecule has 0 aliphatic carbocycles. The van der Waals surface area contributed by atoms with Gasteiger partial charge in [-0.25, -0.2) is 9.59 Å². The fourth-order valence-corrected chi connectivity index (χ4v) is 2.51. The lowest BCUT2D eigenvalue weighted by Gasteiger charge is -2.27. The largest absolute Gasteiger partial charge is 0.406 e. The Morgan fingerprint density at radius 2 is 1.93 bits per heavy atom. The Labute approximate surface area is 174 Å². The highest BCUT2D eigenvalue weighted by Gasteiger charge is 2.25. The summed E-state index contributed by atoms with van der Waals surface area (Å²) in [5, 5.41) is 15.8. The van der Waals surface area contributed by atoms with E-state index >= 15 is 0 Å². The number of nitrogens with one attached hydrogen (secondary N) is 4. The Morgan fingerprint density at radius 1 is 1.20 bits per heavy atom. The van der Waals surface area contributed by atoms with Crippen molar-refractivity contribution in [2.45, 2.75) is 32.7 Å². The van der Waals surface area contributed by atoms with Gasteiger partial charge in [0.1, 0.15) is 0 Å². The minimum absolute atomic E-state index is 0.217. The first-order chi connectivity index (χ1) is 14.3. The van der Waals surface area contributed by atoms with E-state index in [0.29, 0.717) is 12.8 Å². The fraction of sp³-hybridized carbons (Fsp3) is 0.444. The molecule has 4 N–H and O–H groups in total. The molecule has 12 nitrogen and oxygen atoms in total. The van der Waals surface area contributed by atoms with E-state index in [9.17, 15) is 19.2 Å². The van der Waals surface area contributed by atoms with Crippen molar-refractivity contribution < 1.29 is 23.6 Å². The number of aromatic nitrogens is 2. The van der Waals surface area contributed by atoms with Crippen LogP contribution in [0.1, 0.15) is 38.6 Å². The standard InChI is InChI=1S/C18H27N7O5/c1-5-8-25(7-3)13(9-12(4)6-2)15-23-24-18(30-15)22-17(29)21-16(28)20-14(27)10-19-11-26/h6,11,13H,2,4-5,7-10H2,1,3H3,(H,19,26)(H3,20,21,22,24,27,28,29).